The number of hydrogen-bond acceptors (Lipinski definition) is 1. The van der Waals surface area contributed by atoms with Crippen LogP contribution in [-0.2, 0) is 17.8 Å². The van der Waals surface area contributed by atoms with Crippen molar-refractivity contribution >= 4 is 5.91 Å². The van der Waals surface area contributed by atoms with Crippen LogP contribution in [0.15, 0.2) is 18.2 Å². The Labute approximate surface area is 109 Å². The number of nitrogens with zero attached hydrogens (tertiary/aromatic N) is 1. The van der Waals surface area contributed by atoms with E-state index in [1.54, 1.807) is 0 Å². The minimum atomic E-state index is 0.337. The third kappa shape index (κ3) is 2.05. The molecule has 96 valence electrons. The normalized spacial score (nSPS) is 20.9. The van der Waals surface area contributed by atoms with Crippen LogP contribution in [0.1, 0.15) is 48.8 Å². The fourth-order valence-electron chi connectivity index (χ4n) is 3.41. The molecule has 1 saturated carbocycles. The Morgan fingerprint density at radius 1 is 1.17 bits per heavy atom. The summed E-state index contributed by atoms with van der Waals surface area (Å²) >= 11 is 0. The Bertz CT molecular complexity index is 460. The number of amides is 1. The topological polar surface area (TPSA) is 20.3 Å². The largest absolute Gasteiger partial charge is 0.335 e. The summed E-state index contributed by atoms with van der Waals surface area (Å²) in [5.41, 5.74) is 3.90. The van der Waals surface area contributed by atoms with Crippen LogP contribution in [0.25, 0.3) is 0 Å². The van der Waals surface area contributed by atoms with Crippen molar-refractivity contribution in [2.24, 2.45) is 0 Å². The van der Waals surface area contributed by atoms with E-state index in [9.17, 15) is 4.79 Å². The summed E-state index contributed by atoms with van der Waals surface area (Å²) in [6, 6.07) is 6.91. The zero-order chi connectivity index (χ0) is 12.5. The Kier molecular flexibility index (Phi) is 3.11. The lowest BCUT2D eigenvalue weighted by molar-refractivity contribution is -0.135. The van der Waals surface area contributed by atoms with Crippen molar-refractivity contribution in [2.45, 2.75) is 58.0 Å². The maximum atomic E-state index is 12.3. The van der Waals surface area contributed by atoms with Crippen molar-refractivity contribution in [1.82, 2.24) is 4.90 Å². The lowest BCUT2D eigenvalue weighted by Crippen LogP contribution is -2.44. The highest BCUT2D eigenvalue weighted by atomic mass is 16.2. The van der Waals surface area contributed by atoms with Gasteiger partial charge in [-0.2, -0.15) is 0 Å². The van der Waals surface area contributed by atoms with Crippen molar-refractivity contribution in [2.75, 3.05) is 0 Å². The smallest absolute Gasteiger partial charge is 0.227 e. The van der Waals surface area contributed by atoms with Gasteiger partial charge in [-0.1, -0.05) is 37.5 Å². The molecule has 1 aliphatic heterocycles. The molecule has 2 nitrogen and oxygen atoms in total. The summed E-state index contributed by atoms with van der Waals surface area (Å²) in [6.45, 7) is 2.95. The summed E-state index contributed by atoms with van der Waals surface area (Å²) in [4.78, 5) is 14.5. The molecule has 2 heteroatoms. The molecule has 0 radical (unpaired) electrons. The number of hydrogen-bond donors (Lipinski definition) is 0. The fraction of sp³-hybridized carbons (Fsp3) is 0.562. The van der Waals surface area contributed by atoms with Crippen LogP contribution in [0.2, 0.25) is 0 Å². The molecule has 1 aliphatic carbocycles. The second-order valence-electron chi connectivity index (χ2n) is 5.70. The first kappa shape index (κ1) is 11.8. The van der Waals surface area contributed by atoms with Gasteiger partial charge in [0, 0.05) is 12.6 Å². The minimum absolute atomic E-state index is 0.337. The van der Waals surface area contributed by atoms with Gasteiger partial charge in [-0.25, -0.2) is 0 Å². The van der Waals surface area contributed by atoms with Crippen LogP contribution >= 0.6 is 0 Å². The predicted molar refractivity (Wildman–Crippen MR) is 72.3 cm³/mol. The van der Waals surface area contributed by atoms with Crippen molar-refractivity contribution < 1.29 is 4.79 Å². The van der Waals surface area contributed by atoms with E-state index in [-0.39, 0.29) is 0 Å². The van der Waals surface area contributed by atoms with E-state index in [2.05, 4.69) is 30.0 Å². The molecule has 1 amide bonds. The quantitative estimate of drug-likeness (QED) is 0.741. The molecule has 1 aromatic carbocycles. The maximum Gasteiger partial charge on any atom is 0.227 e. The fourth-order valence-corrected chi connectivity index (χ4v) is 3.41. The van der Waals surface area contributed by atoms with Gasteiger partial charge < -0.3 is 4.90 Å². The SMILES string of the molecule is Cc1cccc2c1CC(=O)N(C1CCCCC1)C2. The highest BCUT2D eigenvalue weighted by Crippen LogP contribution is 2.29. The van der Waals surface area contributed by atoms with Crippen LogP contribution in [0, 0.1) is 6.92 Å². The zero-order valence-electron chi connectivity index (χ0n) is 11.1. The van der Waals surface area contributed by atoms with E-state index in [1.165, 1.54) is 48.8 Å². The number of fused-ring (bicyclic) bond motifs is 1. The predicted octanol–water partition coefficient (Wildman–Crippen LogP) is 3.21. The lowest BCUT2D eigenvalue weighted by atomic mass is 9.89. The average Bonchev–Trinajstić information content (AvgIpc) is 2.40. The summed E-state index contributed by atoms with van der Waals surface area (Å²) < 4.78 is 0. The highest BCUT2D eigenvalue weighted by molar-refractivity contribution is 5.81. The van der Waals surface area contributed by atoms with Gasteiger partial charge in [-0.15, -0.1) is 0 Å². The first-order chi connectivity index (χ1) is 8.75. The van der Waals surface area contributed by atoms with E-state index in [0.717, 1.165) is 6.54 Å². The molecule has 2 aliphatic rings. The van der Waals surface area contributed by atoms with Crippen LogP contribution in [0.3, 0.4) is 0 Å². The maximum absolute atomic E-state index is 12.3. The Morgan fingerprint density at radius 3 is 2.72 bits per heavy atom. The molecule has 0 atom stereocenters. The monoisotopic (exact) mass is 243 g/mol. The number of rotatable bonds is 1. The van der Waals surface area contributed by atoms with E-state index in [0.29, 0.717) is 18.4 Å². The molecule has 1 aromatic rings. The number of aryl methyl sites for hydroxylation is 1. The van der Waals surface area contributed by atoms with Crippen molar-refractivity contribution in [3.63, 3.8) is 0 Å². The molecular formula is C16H21NO. The number of benzene rings is 1. The summed E-state index contributed by atoms with van der Waals surface area (Å²) in [6.07, 6.45) is 6.93. The van der Waals surface area contributed by atoms with E-state index < -0.39 is 0 Å². The molecule has 3 rings (SSSR count). The molecule has 1 heterocycles. The molecule has 0 saturated heterocycles. The number of carbonyl (C=O) groups is 1. The standard InChI is InChI=1S/C16H21NO/c1-12-6-5-7-13-11-17(16(18)10-15(12)13)14-8-3-2-4-9-14/h5-7,14H,2-4,8-11H2,1H3. The molecular weight excluding hydrogens is 222 g/mol. The third-order valence-electron chi connectivity index (χ3n) is 4.51. The third-order valence-corrected chi connectivity index (χ3v) is 4.51. The zero-order valence-corrected chi connectivity index (χ0v) is 11.1. The molecule has 0 spiro atoms. The van der Waals surface area contributed by atoms with E-state index in [4.69, 9.17) is 0 Å². The van der Waals surface area contributed by atoms with Gasteiger partial charge in [0.2, 0.25) is 5.91 Å². The Balaban J connectivity index is 1.85. The average molecular weight is 243 g/mol. The highest BCUT2D eigenvalue weighted by Gasteiger charge is 2.30. The van der Waals surface area contributed by atoms with Crippen LogP contribution in [-0.4, -0.2) is 16.8 Å². The lowest BCUT2D eigenvalue weighted by Gasteiger charge is -2.38. The second kappa shape index (κ2) is 4.75. The van der Waals surface area contributed by atoms with Crippen molar-refractivity contribution in [3.8, 4) is 0 Å². The van der Waals surface area contributed by atoms with Gasteiger partial charge in [0.25, 0.3) is 0 Å². The first-order valence-electron chi connectivity index (χ1n) is 7.12. The molecule has 0 aromatic heterocycles. The van der Waals surface area contributed by atoms with Crippen molar-refractivity contribution in [3.05, 3.63) is 34.9 Å². The van der Waals surface area contributed by atoms with E-state index in [1.807, 2.05) is 0 Å². The summed E-state index contributed by atoms with van der Waals surface area (Å²) in [5, 5.41) is 0. The van der Waals surface area contributed by atoms with E-state index >= 15 is 0 Å². The van der Waals surface area contributed by atoms with Gasteiger partial charge in [-0.05, 0) is 36.5 Å². The summed E-state index contributed by atoms with van der Waals surface area (Å²) in [7, 11) is 0. The van der Waals surface area contributed by atoms with Gasteiger partial charge in [0.05, 0.1) is 6.42 Å². The minimum Gasteiger partial charge on any atom is -0.335 e. The summed E-state index contributed by atoms with van der Waals surface area (Å²) in [5.74, 6) is 0.337. The van der Waals surface area contributed by atoms with Gasteiger partial charge in [0.15, 0.2) is 0 Å². The molecule has 0 N–H and O–H groups in total. The van der Waals surface area contributed by atoms with Crippen molar-refractivity contribution in [1.29, 1.82) is 0 Å². The molecule has 18 heavy (non-hydrogen) atoms. The Morgan fingerprint density at radius 2 is 1.94 bits per heavy atom. The Hall–Kier alpha value is -1.31. The van der Waals surface area contributed by atoms with Gasteiger partial charge in [-0.3, -0.25) is 4.79 Å². The van der Waals surface area contributed by atoms with Crippen LogP contribution < -0.4 is 0 Å². The molecule has 0 unspecified atom stereocenters. The first-order valence-corrected chi connectivity index (χ1v) is 7.12. The second-order valence-corrected chi connectivity index (χ2v) is 5.70. The van der Waals surface area contributed by atoms with Crippen LogP contribution in [0.5, 0.6) is 0 Å². The number of carbonyl (C=O) groups excluding carboxylic acids is 1. The molecule has 0 bridgehead atoms. The van der Waals surface area contributed by atoms with Crippen LogP contribution in [0.4, 0.5) is 0 Å². The van der Waals surface area contributed by atoms with Gasteiger partial charge >= 0.3 is 0 Å². The van der Waals surface area contributed by atoms with Gasteiger partial charge in [0.1, 0.15) is 0 Å². The molecule has 1 fully saturated rings.